The fraction of sp³-hybridized carbons (Fsp3) is 0.533. The number of hydrogen-bond acceptors (Lipinski definition) is 6. The van der Waals surface area contributed by atoms with Crippen LogP contribution < -0.4 is 21.3 Å². The van der Waals surface area contributed by atoms with Crippen molar-refractivity contribution in [2.75, 3.05) is 6.54 Å². The van der Waals surface area contributed by atoms with E-state index in [1.165, 1.54) is 4.90 Å². The van der Waals surface area contributed by atoms with Gasteiger partial charge in [-0.2, -0.15) is 0 Å². The summed E-state index contributed by atoms with van der Waals surface area (Å²) in [7, 11) is 0. The Hall–Kier alpha value is -4.42. The van der Waals surface area contributed by atoms with Crippen molar-refractivity contribution in [1.29, 1.82) is 0 Å². The van der Waals surface area contributed by atoms with E-state index in [0.717, 1.165) is 16.5 Å². The standard InChI is InChI=1S/C30H40N6O7/c1-4-8-20-26(39)33-21(13-17-15-31-19-10-6-5-9-18(17)19)27(40)34-22(14-24(37)38)30(43)36-12-7-11-23(36)28(41)35-25(16(2)3)29(42)32-20/h5-6,9-10,15-16,20-23,25,31H,4,7-8,11-14H2,1-3H3,(H,32,42)(H,33,39)(H,34,40)(H,35,41)(H,37,38)/t20-,21+,22+,23-,25+/m0/s1. The summed E-state index contributed by atoms with van der Waals surface area (Å²) >= 11 is 0. The van der Waals surface area contributed by atoms with Crippen LogP contribution in [0.25, 0.3) is 10.9 Å². The Kier molecular flexibility index (Phi) is 10.0. The van der Waals surface area contributed by atoms with Gasteiger partial charge in [-0.05, 0) is 36.8 Å². The first-order valence-corrected chi connectivity index (χ1v) is 14.8. The molecule has 232 valence electrons. The van der Waals surface area contributed by atoms with Crippen LogP contribution >= 0.6 is 0 Å². The summed E-state index contributed by atoms with van der Waals surface area (Å²) in [6, 6.07) is 1.84. The van der Waals surface area contributed by atoms with Crippen LogP contribution in [-0.4, -0.2) is 87.2 Å². The van der Waals surface area contributed by atoms with E-state index in [0.29, 0.717) is 19.3 Å². The van der Waals surface area contributed by atoms with E-state index in [-0.39, 0.29) is 25.3 Å². The van der Waals surface area contributed by atoms with E-state index in [4.69, 9.17) is 0 Å². The number of amides is 5. The van der Waals surface area contributed by atoms with Crippen LogP contribution in [0.4, 0.5) is 0 Å². The number of carbonyl (C=O) groups excluding carboxylic acids is 5. The minimum Gasteiger partial charge on any atom is -0.481 e. The smallest absolute Gasteiger partial charge is 0.305 e. The number of para-hydroxylation sites is 1. The zero-order valence-electron chi connectivity index (χ0n) is 24.6. The molecule has 6 N–H and O–H groups in total. The lowest BCUT2D eigenvalue weighted by atomic mass is 10.0. The summed E-state index contributed by atoms with van der Waals surface area (Å²) in [5, 5.41) is 21.2. The predicted octanol–water partition coefficient (Wildman–Crippen LogP) is 0.585. The molecule has 5 atom stereocenters. The molecule has 4 rings (SSSR count). The van der Waals surface area contributed by atoms with E-state index in [1.54, 1.807) is 20.0 Å². The SMILES string of the molecule is CCC[C@@H]1NC(=O)[C@@H](C(C)C)NC(=O)[C@@H]2CCCN2C(=O)[C@@H](CC(=O)O)NC(=O)[C@@H](Cc2c[nH]c3ccccc23)NC1=O. The summed E-state index contributed by atoms with van der Waals surface area (Å²) in [5.41, 5.74) is 1.55. The minimum absolute atomic E-state index is 0.0311. The van der Waals surface area contributed by atoms with Crippen molar-refractivity contribution in [3.05, 3.63) is 36.0 Å². The molecule has 1 aromatic heterocycles. The minimum atomic E-state index is -1.47. The molecule has 1 aromatic carbocycles. The molecule has 5 amide bonds. The van der Waals surface area contributed by atoms with Crippen molar-refractivity contribution in [3.8, 4) is 0 Å². The quantitative estimate of drug-likeness (QED) is 0.269. The van der Waals surface area contributed by atoms with Crippen molar-refractivity contribution in [1.82, 2.24) is 31.2 Å². The summed E-state index contributed by atoms with van der Waals surface area (Å²) in [5.74, 6) is -4.84. The molecule has 0 saturated carbocycles. The zero-order chi connectivity index (χ0) is 31.3. The van der Waals surface area contributed by atoms with Gasteiger partial charge in [0.2, 0.25) is 29.5 Å². The Labute approximate surface area is 249 Å². The number of carboxylic acids is 1. The highest BCUT2D eigenvalue weighted by molar-refractivity contribution is 5.99. The van der Waals surface area contributed by atoms with Gasteiger partial charge in [-0.1, -0.05) is 45.4 Å². The maximum Gasteiger partial charge on any atom is 0.305 e. The van der Waals surface area contributed by atoms with Gasteiger partial charge in [0.05, 0.1) is 6.42 Å². The first kappa shape index (κ1) is 31.5. The second-order valence-corrected chi connectivity index (χ2v) is 11.6. The number of carbonyl (C=O) groups is 6. The van der Waals surface area contributed by atoms with Crippen molar-refractivity contribution in [2.24, 2.45) is 5.92 Å². The second-order valence-electron chi connectivity index (χ2n) is 11.6. The Morgan fingerprint density at radius 1 is 0.930 bits per heavy atom. The monoisotopic (exact) mass is 596 g/mol. The molecule has 2 aromatic rings. The van der Waals surface area contributed by atoms with Crippen molar-refractivity contribution < 1.29 is 33.9 Å². The summed E-state index contributed by atoms with van der Waals surface area (Å²) < 4.78 is 0. The maximum atomic E-state index is 13.8. The lowest BCUT2D eigenvalue weighted by molar-refractivity contribution is -0.146. The molecule has 2 aliphatic heterocycles. The molecule has 0 spiro atoms. The molecule has 3 heterocycles. The molecule has 0 aliphatic carbocycles. The van der Waals surface area contributed by atoms with Gasteiger partial charge in [0.25, 0.3) is 0 Å². The maximum absolute atomic E-state index is 13.8. The van der Waals surface area contributed by atoms with Crippen LogP contribution in [0.1, 0.15) is 58.4 Å². The first-order chi connectivity index (χ1) is 20.5. The molecular weight excluding hydrogens is 556 g/mol. The van der Waals surface area contributed by atoms with Crippen LogP contribution in [0.3, 0.4) is 0 Å². The number of nitrogens with zero attached hydrogens (tertiary/aromatic N) is 1. The fourth-order valence-electron chi connectivity index (χ4n) is 5.76. The highest BCUT2D eigenvalue weighted by atomic mass is 16.4. The third-order valence-corrected chi connectivity index (χ3v) is 8.02. The van der Waals surface area contributed by atoms with Crippen molar-refractivity contribution in [3.63, 3.8) is 0 Å². The average Bonchev–Trinajstić information content (AvgIpc) is 3.61. The Bertz CT molecular complexity index is 1390. The first-order valence-electron chi connectivity index (χ1n) is 14.8. The van der Waals surface area contributed by atoms with Gasteiger partial charge in [-0.25, -0.2) is 0 Å². The van der Waals surface area contributed by atoms with Gasteiger partial charge in [-0.15, -0.1) is 0 Å². The summed E-state index contributed by atoms with van der Waals surface area (Å²) in [6.07, 6.45) is 2.67. The van der Waals surface area contributed by atoms with E-state index >= 15 is 0 Å². The molecule has 2 aliphatic rings. The molecule has 13 nitrogen and oxygen atoms in total. The van der Waals surface area contributed by atoms with E-state index in [2.05, 4.69) is 26.3 Å². The lowest BCUT2D eigenvalue weighted by Gasteiger charge is -2.30. The highest BCUT2D eigenvalue weighted by Crippen LogP contribution is 2.22. The van der Waals surface area contributed by atoms with Gasteiger partial charge in [0.15, 0.2) is 0 Å². The van der Waals surface area contributed by atoms with Crippen LogP contribution in [0.15, 0.2) is 30.5 Å². The number of nitrogens with one attached hydrogen (secondary N) is 5. The summed E-state index contributed by atoms with van der Waals surface area (Å²) in [6.45, 7) is 5.56. The van der Waals surface area contributed by atoms with Crippen LogP contribution in [0.5, 0.6) is 0 Å². The normalized spacial score (nSPS) is 25.8. The second kappa shape index (κ2) is 13.7. The van der Waals surface area contributed by atoms with Gasteiger partial charge >= 0.3 is 5.97 Å². The molecule has 0 radical (unpaired) electrons. The number of carboxylic acid groups (broad SMARTS) is 1. The van der Waals surface area contributed by atoms with Gasteiger partial charge in [0.1, 0.15) is 30.2 Å². The third-order valence-electron chi connectivity index (χ3n) is 8.02. The van der Waals surface area contributed by atoms with Crippen LogP contribution in [-0.2, 0) is 35.2 Å². The Balaban J connectivity index is 1.75. The van der Waals surface area contributed by atoms with E-state index in [9.17, 15) is 33.9 Å². The molecular formula is C30H40N6O7. The predicted molar refractivity (Wildman–Crippen MR) is 156 cm³/mol. The number of rotatable bonds is 7. The number of aromatic nitrogens is 1. The van der Waals surface area contributed by atoms with Gasteiger partial charge in [0, 0.05) is 30.1 Å². The zero-order valence-corrected chi connectivity index (χ0v) is 24.6. The van der Waals surface area contributed by atoms with Crippen molar-refractivity contribution >= 4 is 46.4 Å². The van der Waals surface area contributed by atoms with E-state index in [1.807, 2.05) is 31.2 Å². The van der Waals surface area contributed by atoms with Crippen molar-refractivity contribution in [2.45, 2.75) is 89.5 Å². The number of aromatic amines is 1. The molecule has 0 unspecified atom stereocenters. The average molecular weight is 597 g/mol. The molecule has 2 fully saturated rings. The van der Waals surface area contributed by atoms with Crippen LogP contribution in [0.2, 0.25) is 0 Å². The molecule has 2 saturated heterocycles. The highest BCUT2D eigenvalue weighted by Gasteiger charge is 2.41. The number of fused-ring (bicyclic) bond motifs is 2. The fourth-order valence-corrected chi connectivity index (χ4v) is 5.76. The number of H-pyrrole nitrogens is 1. The number of benzene rings is 1. The van der Waals surface area contributed by atoms with Crippen LogP contribution in [0, 0.1) is 5.92 Å². The van der Waals surface area contributed by atoms with Gasteiger partial charge in [-0.3, -0.25) is 28.8 Å². The summed E-state index contributed by atoms with van der Waals surface area (Å²) in [4.78, 5) is 84.0. The third kappa shape index (κ3) is 7.33. The Morgan fingerprint density at radius 2 is 1.60 bits per heavy atom. The Morgan fingerprint density at radius 3 is 2.30 bits per heavy atom. The van der Waals surface area contributed by atoms with Gasteiger partial charge < -0.3 is 36.3 Å². The molecule has 0 bridgehead atoms. The topological polar surface area (TPSA) is 190 Å². The number of hydrogen-bond donors (Lipinski definition) is 6. The number of aliphatic carboxylic acids is 1. The largest absolute Gasteiger partial charge is 0.481 e. The lowest BCUT2D eigenvalue weighted by Crippen LogP contribution is -2.58. The molecule has 13 heteroatoms. The van der Waals surface area contributed by atoms with E-state index < -0.39 is 72.1 Å². The molecule has 43 heavy (non-hydrogen) atoms.